The van der Waals surface area contributed by atoms with E-state index in [4.69, 9.17) is 0 Å². The smallest absolute Gasteiger partial charge is 0.163 e. The van der Waals surface area contributed by atoms with Crippen molar-refractivity contribution in [3.05, 3.63) is 53.6 Å². The summed E-state index contributed by atoms with van der Waals surface area (Å²) in [6.45, 7) is 1.41. The Hall–Kier alpha value is -2.42. The van der Waals surface area contributed by atoms with Crippen LogP contribution in [0.15, 0.2) is 42.5 Å². The van der Waals surface area contributed by atoms with E-state index < -0.39 is 0 Å². The van der Waals surface area contributed by atoms with Gasteiger partial charge in [0.05, 0.1) is 5.56 Å². The second-order valence-corrected chi connectivity index (χ2v) is 4.03. The molecule has 0 unspecified atom stereocenters. The molecule has 3 heteroatoms. The monoisotopic (exact) mass is 240 g/mol. The van der Waals surface area contributed by atoms with Crippen molar-refractivity contribution in [1.82, 2.24) is 0 Å². The van der Waals surface area contributed by atoms with Crippen LogP contribution >= 0.6 is 0 Å². The summed E-state index contributed by atoms with van der Waals surface area (Å²) in [5.74, 6) is -0.199. The maximum absolute atomic E-state index is 11.3. The number of carbonyl (C=O) groups is 2. The summed E-state index contributed by atoms with van der Waals surface area (Å²) >= 11 is 0. The first-order valence-electron chi connectivity index (χ1n) is 5.51. The summed E-state index contributed by atoms with van der Waals surface area (Å²) in [4.78, 5) is 21.9. The Morgan fingerprint density at radius 2 is 1.67 bits per heavy atom. The number of Topliss-reactive ketones (excluding diaryl/α,β-unsaturated/α-hetero) is 1. The Kier molecular flexibility index (Phi) is 3.24. The zero-order valence-electron chi connectivity index (χ0n) is 9.88. The van der Waals surface area contributed by atoms with Crippen molar-refractivity contribution in [1.29, 1.82) is 0 Å². The van der Waals surface area contributed by atoms with Crippen LogP contribution in [0, 0.1) is 0 Å². The second kappa shape index (κ2) is 4.84. The lowest BCUT2D eigenvalue weighted by Crippen LogP contribution is -1.93. The SMILES string of the molecule is CC(=O)c1cc(-c2ccc(C=O)cc2)ccc1O. The van der Waals surface area contributed by atoms with Crippen molar-refractivity contribution in [2.45, 2.75) is 6.92 Å². The molecule has 18 heavy (non-hydrogen) atoms. The molecule has 3 nitrogen and oxygen atoms in total. The number of aldehydes is 1. The third kappa shape index (κ3) is 2.30. The Labute approximate surface area is 105 Å². The highest BCUT2D eigenvalue weighted by molar-refractivity contribution is 5.98. The topological polar surface area (TPSA) is 54.4 Å². The first kappa shape index (κ1) is 12.0. The van der Waals surface area contributed by atoms with Crippen LogP contribution in [0.25, 0.3) is 11.1 Å². The number of ketones is 1. The highest BCUT2D eigenvalue weighted by Gasteiger charge is 2.08. The minimum absolute atomic E-state index is 0.0178. The molecule has 0 heterocycles. The number of hydrogen-bond donors (Lipinski definition) is 1. The Morgan fingerprint density at radius 3 is 2.22 bits per heavy atom. The molecule has 0 aliphatic carbocycles. The first-order chi connectivity index (χ1) is 8.61. The van der Waals surface area contributed by atoms with Crippen LogP contribution in [0.3, 0.4) is 0 Å². The van der Waals surface area contributed by atoms with E-state index in [1.807, 2.05) is 0 Å². The van der Waals surface area contributed by atoms with Gasteiger partial charge in [-0.05, 0) is 30.2 Å². The van der Waals surface area contributed by atoms with E-state index in [1.54, 1.807) is 36.4 Å². The van der Waals surface area contributed by atoms with Crippen molar-refractivity contribution >= 4 is 12.1 Å². The first-order valence-corrected chi connectivity index (χ1v) is 5.51. The quantitative estimate of drug-likeness (QED) is 0.662. The molecule has 0 saturated heterocycles. The Morgan fingerprint density at radius 1 is 1.06 bits per heavy atom. The van der Waals surface area contributed by atoms with Crippen LogP contribution in [0.5, 0.6) is 5.75 Å². The van der Waals surface area contributed by atoms with E-state index >= 15 is 0 Å². The van der Waals surface area contributed by atoms with Crippen molar-refractivity contribution in [3.63, 3.8) is 0 Å². The normalized spacial score (nSPS) is 10.1. The summed E-state index contributed by atoms with van der Waals surface area (Å²) in [5, 5.41) is 9.57. The molecular weight excluding hydrogens is 228 g/mol. The molecule has 1 N–H and O–H groups in total. The van der Waals surface area contributed by atoms with Gasteiger partial charge in [-0.3, -0.25) is 9.59 Å². The fourth-order valence-corrected chi connectivity index (χ4v) is 1.75. The minimum Gasteiger partial charge on any atom is -0.507 e. The van der Waals surface area contributed by atoms with Crippen molar-refractivity contribution in [3.8, 4) is 16.9 Å². The number of carbonyl (C=O) groups excluding carboxylic acids is 2. The molecular formula is C15H12O3. The summed E-state index contributed by atoms with van der Waals surface area (Å²) in [6, 6.07) is 11.9. The van der Waals surface area contributed by atoms with Gasteiger partial charge in [-0.25, -0.2) is 0 Å². The van der Waals surface area contributed by atoms with Crippen LogP contribution in [-0.2, 0) is 0 Å². The van der Waals surface area contributed by atoms with Gasteiger partial charge in [0.15, 0.2) is 5.78 Å². The molecule has 0 radical (unpaired) electrons. The van der Waals surface area contributed by atoms with Gasteiger partial charge in [0.2, 0.25) is 0 Å². The third-order valence-corrected chi connectivity index (χ3v) is 2.76. The lowest BCUT2D eigenvalue weighted by atomic mass is 10.00. The fourth-order valence-electron chi connectivity index (χ4n) is 1.75. The molecule has 0 spiro atoms. The molecule has 2 aromatic carbocycles. The average Bonchev–Trinajstić information content (AvgIpc) is 2.39. The van der Waals surface area contributed by atoms with E-state index in [1.165, 1.54) is 13.0 Å². The van der Waals surface area contributed by atoms with Gasteiger partial charge in [-0.1, -0.05) is 30.3 Å². The summed E-state index contributed by atoms with van der Waals surface area (Å²) in [6.07, 6.45) is 0.779. The number of phenols is 1. The molecule has 0 atom stereocenters. The van der Waals surface area contributed by atoms with Crippen LogP contribution in [0.1, 0.15) is 27.6 Å². The lowest BCUT2D eigenvalue weighted by Gasteiger charge is -2.06. The molecule has 0 saturated carbocycles. The molecule has 0 aliphatic heterocycles. The third-order valence-electron chi connectivity index (χ3n) is 2.76. The maximum atomic E-state index is 11.3. The van der Waals surface area contributed by atoms with E-state index in [0.717, 1.165) is 17.4 Å². The van der Waals surface area contributed by atoms with Gasteiger partial charge >= 0.3 is 0 Å². The minimum atomic E-state index is -0.182. The van der Waals surface area contributed by atoms with Crippen molar-refractivity contribution in [2.75, 3.05) is 0 Å². The van der Waals surface area contributed by atoms with Crippen molar-refractivity contribution < 1.29 is 14.7 Å². The average molecular weight is 240 g/mol. The largest absolute Gasteiger partial charge is 0.507 e. The number of aromatic hydroxyl groups is 1. The highest BCUT2D eigenvalue weighted by atomic mass is 16.3. The maximum Gasteiger partial charge on any atom is 0.163 e. The molecule has 0 aliphatic rings. The molecule has 90 valence electrons. The van der Waals surface area contributed by atoms with Gasteiger partial charge in [0.25, 0.3) is 0 Å². The van der Waals surface area contributed by atoms with Gasteiger partial charge in [0, 0.05) is 5.56 Å². The van der Waals surface area contributed by atoms with Crippen molar-refractivity contribution in [2.24, 2.45) is 0 Å². The molecule has 0 aromatic heterocycles. The zero-order valence-corrected chi connectivity index (χ0v) is 9.88. The predicted molar refractivity (Wildman–Crippen MR) is 68.9 cm³/mol. The fraction of sp³-hybridized carbons (Fsp3) is 0.0667. The van der Waals surface area contributed by atoms with Crippen LogP contribution < -0.4 is 0 Å². The van der Waals surface area contributed by atoms with E-state index in [2.05, 4.69) is 0 Å². The predicted octanol–water partition coefficient (Wildman–Crippen LogP) is 3.07. The van der Waals surface area contributed by atoms with Gasteiger partial charge in [-0.2, -0.15) is 0 Å². The highest BCUT2D eigenvalue weighted by Crippen LogP contribution is 2.26. The molecule has 0 amide bonds. The van der Waals surface area contributed by atoms with Gasteiger partial charge in [-0.15, -0.1) is 0 Å². The Bertz CT molecular complexity index is 598. The second-order valence-electron chi connectivity index (χ2n) is 4.03. The molecule has 2 rings (SSSR count). The van der Waals surface area contributed by atoms with Gasteiger partial charge < -0.3 is 5.11 Å². The number of hydrogen-bond acceptors (Lipinski definition) is 3. The molecule has 0 bridgehead atoms. The summed E-state index contributed by atoms with van der Waals surface area (Å²) < 4.78 is 0. The van der Waals surface area contributed by atoms with Crippen LogP contribution in [-0.4, -0.2) is 17.2 Å². The number of phenolic OH excluding ortho intramolecular Hbond substituents is 1. The van der Waals surface area contributed by atoms with Crippen LogP contribution in [0.4, 0.5) is 0 Å². The zero-order chi connectivity index (χ0) is 13.1. The standard InChI is InChI=1S/C15H12O3/c1-10(17)14-8-13(6-7-15(14)18)12-4-2-11(9-16)3-5-12/h2-9,18H,1H3. The van der Waals surface area contributed by atoms with E-state index in [0.29, 0.717) is 11.1 Å². The molecule has 0 fully saturated rings. The van der Waals surface area contributed by atoms with Crippen LogP contribution in [0.2, 0.25) is 0 Å². The summed E-state index contributed by atoms with van der Waals surface area (Å²) in [7, 11) is 0. The van der Waals surface area contributed by atoms with E-state index in [9.17, 15) is 14.7 Å². The van der Waals surface area contributed by atoms with Gasteiger partial charge in [0.1, 0.15) is 12.0 Å². The lowest BCUT2D eigenvalue weighted by molar-refractivity contribution is 0.101. The number of rotatable bonds is 3. The molecule has 2 aromatic rings. The summed E-state index contributed by atoms with van der Waals surface area (Å²) in [5.41, 5.74) is 2.62. The number of benzene rings is 2. The van der Waals surface area contributed by atoms with E-state index in [-0.39, 0.29) is 11.5 Å². The Balaban J connectivity index is 2.47.